The molecule has 5 nitrogen and oxygen atoms in total. The molecule has 26 heavy (non-hydrogen) atoms. The summed E-state index contributed by atoms with van der Waals surface area (Å²) in [5.74, 6) is 0.678. The van der Waals surface area contributed by atoms with E-state index in [-0.39, 0.29) is 11.5 Å². The molecule has 1 aromatic heterocycles. The summed E-state index contributed by atoms with van der Waals surface area (Å²) in [7, 11) is 0. The number of hydrogen-bond donors (Lipinski definition) is 0. The lowest BCUT2D eigenvalue weighted by Crippen LogP contribution is -2.38. The average Bonchev–Trinajstić information content (AvgIpc) is 2.68. The maximum Gasteiger partial charge on any atom is 0.270 e. The van der Waals surface area contributed by atoms with E-state index in [1.807, 2.05) is 36.1 Å². The molecule has 5 heteroatoms. The molecule has 1 amide bonds. The lowest BCUT2D eigenvalue weighted by molar-refractivity contribution is -0.126. The molecule has 0 radical (unpaired) electrons. The third-order valence-corrected chi connectivity index (χ3v) is 4.44. The van der Waals surface area contributed by atoms with E-state index in [0.717, 1.165) is 43.7 Å². The van der Waals surface area contributed by atoms with Gasteiger partial charge in [-0.15, -0.1) is 0 Å². The zero-order chi connectivity index (χ0) is 18.4. The van der Waals surface area contributed by atoms with Gasteiger partial charge in [-0.25, -0.2) is 0 Å². The zero-order valence-electron chi connectivity index (χ0n) is 15.1. The highest BCUT2D eigenvalue weighted by Gasteiger charge is 2.22. The van der Waals surface area contributed by atoms with Crippen molar-refractivity contribution in [3.63, 3.8) is 0 Å². The van der Waals surface area contributed by atoms with Crippen LogP contribution in [0.5, 0.6) is 5.75 Å². The molecule has 0 saturated carbocycles. The molecule has 1 aromatic carbocycles. The molecule has 0 unspecified atom stereocenters. The van der Waals surface area contributed by atoms with Crippen molar-refractivity contribution in [3.05, 3.63) is 64.6 Å². The number of piperidine rings is 1. The van der Waals surface area contributed by atoms with Crippen LogP contribution in [0, 0.1) is 0 Å². The van der Waals surface area contributed by atoms with Crippen LogP contribution in [0.2, 0.25) is 0 Å². The Bertz CT molecular complexity index is 831. The van der Waals surface area contributed by atoms with Crippen LogP contribution < -0.4 is 10.3 Å². The number of amides is 1. The minimum absolute atomic E-state index is 0.105. The summed E-state index contributed by atoms with van der Waals surface area (Å²) in [6, 6.07) is 12.4. The van der Waals surface area contributed by atoms with Crippen LogP contribution in [0.3, 0.4) is 0 Å². The van der Waals surface area contributed by atoms with Crippen LogP contribution in [-0.2, 0) is 4.79 Å². The van der Waals surface area contributed by atoms with Crippen molar-refractivity contribution in [2.24, 2.45) is 0 Å². The zero-order valence-corrected chi connectivity index (χ0v) is 15.1. The quantitative estimate of drug-likeness (QED) is 0.776. The second kappa shape index (κ2) is 8.52. The number of pyridine rings is 1. The molecule has 136 valence electrons. The topological polar surface area (TPSA) is 51.5 Å². The molecule has 1 saturated heterocycles. The summed E-state index contributed by atoms with van der Waals surface area (Å²) in [6.07, 6.45) is 6.57. The molecule has 1 aliphatic heterocycles. The minimum atomic E-state index is -0.213. The molecule has 1 aliphatic rings. The Morgan fingerprint density at radius 2 is 1.81 bits per heavy atom. The van der Waals surface area contributed by atoms with E-state index in [9.17, 15) is 9.59 Å². The fourth-order valence-electron chi connectivity index (χ4n) is 3.10. The summed E-state index contributed by atoms with van der Waals surface area (Å²) < 4.78 is 6.89. The maximum atomic E-state index is 13.1. The van der Waals surface area contributed by atoms with E-state index < -0.39 is 0 Å². The predicted molar refractivity (Wildman–Crippen MR) is 103 cm³/mol. The van der Waals surface area contributed by atoms with E-state index in [2.05, 4.69) is 0 Å². The molecule has 0 bridgehead atoms. The van der Waals surface area contributed by atoms with E-state index >= 15 is 0 Å². The van der Waals surface area contributed by atoms with Crippen molar-refractivity contribution >= 4 is 17.7 Å². The van der Waals surface area contributed by atoms with Crippen LogP contribution in [0.4, 0.5) is 0 Å². The first-order valence-corrected chi connectivity index (χ1v) is 9.11. The first-order valence-electron chi connectivity index (χ1n) is 9.11. The Labute approximate surface area is 153 Å². The molecular formula is C21H24N2O3. The SMILES string of the molecule is CCOc1ccc(/C=C(\C(=O)N2CCCCC2)n2ccccc2=O)cc1. The number of aromatic nitrogens is 1. The highest BCUT2D eigenvalue weighted by atomic mass is 16.5. The molecule has 0 spiro atoms. The molecule has 3 rings (SSSR count). The second-order valence-electron chi connectivity index (χ2n) is 6.29. The number of hydrogen-bond acceptors (Lipinski definition) is 3. The van der Waals surface area contributed by atoms with Gasteiger partial charge in [0.1, 0.15) is 11.4 Å². The number of likely N-dealkylation sites (tertiary alicyclic amines) is 1. The van der Waals surface area contributed by atoms with Crippen LogP contribution in [0.15, 0.2) is 53.5 Å². The molecule has 0 atom stereocenters. The fourth-order valence-corrected chi connectivity index (χ4v) is 3.10. The van der Waals surface area contributed by atoms with Crippen LogP contribution >= 0.6 is 0 Å². The fraction of sp³-hybridized carbons (Fsp3) is 0.333. The first kappa shape index (κ1) is 18.0. The lowest BCUT2D eigenvalue weighted by atomic mass is 10.1. The van der Waals surface area contributed by atoms with Gasteiger partial charge >= 0.3 is 0 Å². The van der Waals surface area contributed by atoms with Gasteiger partial charge in [-0.3, -0.25) is 14.2 Å². The van der Waals surface area contributed by atoms with Gasteiger partial charge in [0.15, 0.2) is 0 Å². The Balaban J connectivity index is 1.98. The Morgan fingerprint density at radius 3 is 2.46 bits per heavy atom. The Kier molecular flexibility index (Phi) is 5.89. The van der Waals surface area contributed by atoms with Crippen molar-refractivity contribution in [1.29, 1.82) is 0 Å². The average molecular weight is 352 g/mol. The predicted octanol–water partition coefficient (Wildman–Crippen LogP) is 3.26. The third kappa shape index (κ3) is 4.23. The van der Waals surface area contributed by atoms with Crippen LogP contribution in [-0.4, -0.2) is 35.1 Å². The summed E-state index contributed by atoms with van der Waals surface area (Å²) in [4.78, 5) is 27.2. The Hall–Kier alpha value is -2.82. The van der Waals surface area contributed by atoms with Gasteiger partial charge in [0.25, 0.3) is 11.5 Å². The van der Waals surface area contributed by atoms with Crippen molar-refractivity contribution in [2.45, 2.75) is 26.2 Å². The van der Waals surface area contributed by atoms with Crippen LogP contribution in [0.1, 0.15) is 31.7 Å². The normalized spacial score (nSPS) is 15.0. The molecule has 0 N–H and O–H groups in total. The number of rotatable bonds is 5. The monoisotopic (exact) mass is 352 g/mol. The van der Waals surface area contributed by atoms with E-state index in [1.54, 1.807) is 24.4 Å². The molecular weight excluding hydrogens is 328 g/mol. The van der Waals surface area contributed by atoms with Gasteiger partial charge in [0, 0.05) is 25.4 Å². The van der Waals surface area contributed by atoms with E-state index in [4.69, 9.17) is 4.74 Å². The summed E-state index contributed by atoms with van der Waals surface area (Å²) in [5, 5.41) is 0. The molecule has 0 aliphatic carbocycles. The van der Waals surface area contributed by atoms with Gasteiger partial charge in [0.2, 0.25) is 0 Å². The number of carbonyl (C=O) groups is 1. The van der Waals surface area contributed by atoms with Gasteiger partial charge in [-0.05, 0) is 56.0 Å². The second-order valence-corrected chi connectivity index (χ2v) is 6.29. The number of carbonyl (C=O) groups excluding carboxylic acids is 1. The summed E-state index contributed by atoms with van der Waals surface area (Å²) >= 11 is 0. The largest absolute Gasteiger partial charge is 0.494 e. The van der Waals surface area contributed by atoms with Crippen molar-refractivity contribution in [3.8, 4) is 5.75 Å². The maximum absolute atomic E-state index is 13.1. The summed E-state index contributed by atoms with van der Waals surface area (Å²) in [6.45, 7) is 4.01. The van der Waals surface area contributed by atoms with E-state index in [0.29, 0.717) is 12.3 Å². The number of ether oxygens (including phenoxy) is 1. The van der Waals surface area contributed by atoms with Crippen LogP contribution in [0.25, 0.3) is 11.8 Å². The van der Waals surface area contributed by atoms with E-state index in [1.165, 1.54) is 10.6 Å². The molecule has 2 heterocycles. The minimum Gasteiger partial charge on any atom is -0.494 e. The van der Waals surface area contributed by atoms with Gasteiger partial charge in [0.05, 0.1) is 6.61 Å². The number of benzene rings is 1. The Morgan fingerprint density at radius 1 is 1.08 bits per heavy atom. The third-order valence-electron chi connectivity index (χ3n) is 4.44. The van der Waals surface area contributed by atoms with Gasteiger partial charge in [-0.1, -0.05) is 18.2 Å². The standard InChI is InChI=1S/C21H24N2O3/c1-2-26-18-11-9-17(10-12-18)16-19(23-15-7-4-8-20(23)24)21(25)22-13-5-3-6-14-22/h4,7-12,15-16H,2-3,5-6,13-14H2,1H3/b19-16+. The highest BCUT2D eigenvalue weighted by Crippen LogP contribution is 2.19. The smallest absolute Gasteiger partial charge is 0.270 e. The lowest BCUT2D eigenvalue weighted by Gasteiger charge is -2.28. The van der Waals surface area contributed by atoms with Crippen molar-refractivity contribution < 1.29 is 9.53 Å². The highest BCUT2D eigenvalue weighted by molar-refractivity contribution is 6.18. The molecule has 1 fully saturated rings. The summed E-state index contributed by atoms with van der Waals surface area (Å²) in [5.41, 5.74) is 1.02. The van der Waals surface area contributed by atoms with Gasteiger partial charge < -0.3 is 9.64 Å². The van der Waals surface area contributed by atoms with Gasteiger partial charge in [-0.2, -0.15) is 0 Å². The molecule has 2 aromatic rings. The first-order chi connectivity index (χ1) is 12.7. The number of nitrogens with zero attached hydrogens (tertiary/aromatic N) is 2. The van der Waals surface area contributed by atoms with Crippen molar-refractivity contribution in [1.82, 2.24) is 9.47 Å². The van der Waals surface area contributed by atoms with Crippen molar-refractivity contribution in [2.75, 3.05) is 19.7 Å².